The first-order valence-corrected chi connectivity index (χ1v) is 13.3. The molecule has 14 nitrogen and oxygen atoms in total. The highest BCUT2D eigenvalue weighted by atomic mass is 31.2. The van der Waals surface area contributed by atoms with E-state index in [1.807, 2.05) is 0 Å². The molecule has 0 saturated carbocycles. The molecule has 1 aromatic heterocycles. The molecule has 0 aromatic carbocycles. The van der Waals surface area contributed by atoms with Crippen LogP contribution in [0.4, 0.5) is 14.6 Å². The molecule has 0 aliphatic carbocycles. The van der Waals surface area contributed by atoms with Crippen LogP contribution in [0.1, 0.15) is 40.3 Å². The van der Waals surface area contributed by atoms with Crippen molar-refractivity contribution in [3.8, 4) is 0 Å². The highest BCUT2D eigenvalue weighted by molar-refractivity contribution is 7.51. The number of carbonyl (C=O) groups excluding carboxylic acids is 2. The number of aromatic nitrogens is 2. The lowest BCUT2D eigenvalue weighted by molar-refractivity contribution is -0.146. The predicted octanol–water partition coefficient (Wildman–Crippen LogP) is 0.991. The summed E-state index contributed by atoms with van der Waals surface area (Å²) in [5.74, 6) is -6.00. The first-order valence-electron chi connectivity index (χ1n) is 11.8. The van der Waals surface area contributed by atoms with E-state index in [4.69, 9.17) is 29.0 Å². The lowest BCUT2D eigenvalue weighted by Gasteiger charge is -2.26. The van der Waals surface area contributed by atoms with E-state index in [1.165, 1.54) is 6.92 Å². The fourth-order valence-electron chi connectivity index (χ4n) is 3.44. The second-order valence-corrected chi connectivity index (χ2v) is 10.4. The van der Waals surface area contributed by atoms with Gasteiger partial charge in [0.2, 0.25) is 6.23 Å². The molecule has 1 fully saturated rings. The smallest absolute Gasteiger partial charge is 0.406 e. The van der Waals surface area contributed by atoms with Crippen molar-refractivity contribution in [1.82, 2.24) is 14.6 Å². The van der Waals surface area contributed by atoms with Gasteiger partial charge < -0.3 is 25.1 Å². The van der Waals surface area contributed by atoms with Gasteiger partial charge >= 0.3 is 31.3 Å². The van der Waals surface area contributed by atoms with Crippen LogP contribution in [0.2, 0.25) is 0 Å². The van der Waals surface area contributed by atoms with Crippen LogP contribution in [0.3, 0.4) is 0 Å². The summed E-state index contributed by atoms with van der Waals surface area (Å²) in [5.41, 5.74) is 4.23. The molecule has 17 heteroatoms. The highest BCUT2D eigenvalue weighted by Gasteiger charge is 2.60. The molecule has 1 aliphatic heterocycles. The van der Waals surface area contributed by atoms with E-state index < -0.39 is 69.0 Å². The topological polar surface area (TPSA) is 191 Å². The molecule has 216 valence electrons. The number of hydrogen-bond donors (Lipinski definition) is 3. The molecule has 0 bridgehead atoms. The SMILES string of the molecule is CCOC(=O)COP(=O)(N[C@@H](CC(C)C)C(=O)OCC)OC[C@H]1O[C@@H](n2ccc(N)nc2=O)C(F)(F)[C@@H]1O. The molecule has 38 heavy (non-hydrogen) atoms. The number of aliphatic hydroxyl groups is 1. The Morgan fingerprint density at radius 3 is 2.53 bits per heavy atom. The zero-order chi connectivity index (χ0) is 28.7. The van der Waals surface area contributed by atoms with E-state index in [2.05, 4.69) is 10.1 Å². The maximum atomic E-state index is 14.8. The van der Waals surface area contributed by atoms with Crippen molar-refractivity contribution in [2.45, 2.75) is 64.5 Å². The average molecular weight is 570 g/mol. The zero-order valence-corrected chi connectivity index (χ0v) is 22.3. The summed E-state index contributed by atoms with van der Waals surface area (Å²) in [6, 6.07) is -0.131. The Balaban J connectivity index is 2.26. The van der Waals surface area contributed by atoms with Crippen LogP contribution in [-0.4, -0.2) is 77.2 Å². The molecule has 4 N–H and O–H groups in total. The Morgan fingerprint density at radius 1 is 1.29 bits per heavy atom. The molecule has 0 amide bonds. The lowest BCUT2D eigenvalue weighted by Crippen LogP contribution is -2.42. The number of rotatable bonds is 14. The van der Waals surface area contributed by atoms with E-state index in [0.717, 1.165) is 12.3 Å². The number of alkyl halides is 2. The minimum Gasteiger partial charge on any atom is -0.465 e. The second-order valence-electron chi connectivity index (χ2n) is 8.62. The van der Waals surface area contributed by atoms with Crippen molar-refractivity contribution < 1.29 is 51.3 Å². The van der Waals surface area contributed by atoms with Crippen molar-refractivity contribution in [1.29, 1.82) is 0 Å². The summed E-state index contributed by atoms with van der Waals surface area (Å²) in [5, 5.41) is 12.6. The molecular formula is C21H33F2N4O10P. The van der Waals surface area contributed by atoms with E-state index >= 15 is 0 Å². The van der Waals surface area contributed by atoms with Crippen LogP contribution in [0.15, 0.2) is 17.1 Å². The van der Waals surface area contributed by atoms with E-state index in [1.54, 1.807) is 20.8 Å². The van der Waals surface area contributed by atoms with Gasteiger partial charge in [-0.25, -0.2) is 19.2 Å². The first kappa shape index (κ1) is 31.7. The molecular weight excluding hydrogens is 537 g/mol. The Bertz CT molecular complexity index is 1070. The van der Waals surface area contributed by atoms with Gasteiger partial charge in [0.15, 0.2) is 12.7 Å². The molecule has 1 aliphatic rings. The van der Waals surface area contributed by atoms with E-state index in [0.29, 0.717) is 4.57 Å². The first-order chi connectivity index (χ1) is 17.7. The summed E-state index contributed by atoms with van der Waals surface area (Å²) < 4.78 is 68.9. The van der Waals surface area contributed by atoms with Crippen LogP contribution in [0, 0.1) is 5.92 Å². The van der Waals surface area contributed by atoms with Crippen LogP contribution in [-0.2, 0) is 37.4 Å². The van der Waals surface area contributed by atoms with Crippen molar-refractivity contribution >= 4 is 25.5 Å². The number of esters is 2. The van der Waals surface area contributed by atoms with Crippen molar-refractivity contribution in [3.05, 3.63) is 22.7 Å². The summed E-state index contributed by atoms with van der Waals surface area (Å²) in [7, 11) is -4.60. The van der Waals surface area contributed by atoms with Gasteiger partial charge in [-0.05, 0) is 32.3 Å². The van der Waals surface area contributed by atoms with Crippen molar-refractivity contribution in [2.24, 2.45) is 5.92 Å². The summed E-state index contributed by atoms with van der Waals surface area (Å²) in [6.45, 7) is 4.84. The summed E-state index contributed by atoms with van der Waals surface area (Å²) in [6.07, 6.45) is -5.57. The third kappa shape index (κ3) is 8.25. The second kappa shape index (κ2) is 13.5. The van der Waals surface area contributed by atoms with Gasteiger partial charge in [-0.1, -0.05) is 13.8 Å². The van der Waals surface area contributed by atoms with E-state index in [-0.39, 0.29) is 31.4 Å². The number of aliphatic hydroxyl groups excluding tert-OH is 1. The third-order valence-electron chi connectivity index (χ3n) is 5.14. The number of anilines is 1. The minimum absolute atomic E-state index is 0.00246. The fourth-order valence-corrected chi connectivity index (χ4v) is 4.88. The standard InChI is InChI=1S/C21H33F2N4O10P/c1-5-33-16(28)11-36-38(32,26-13(9-12(3)4)18(30)34-6-2)35-10-14-17(29)21(22,23)19(37-14)27-8-7-15(24)25-20(27)31/h7-8,12-14,17,19,29H,5-6,9-11H2,1-4H3,(H,26,32)(H2,24,25,31)/t13-,14+,17+,19+,38?/m0/s1. The normalized spacial score (nSPS) is 23.1. The summed E-state index contributed by atoms with van der Waals surface area (Å²) in [4.78, 5) is 39.6. The molecule has 0 spiro atoms. The Morgan fingerprint density at radius 2 is 1.95 bits per heavy atom. The van der Waals surface area contributed by atoms with Gasteiger partial charge in [0, 0.05) is 6.20 Å². The summed E-state index contributed by atoms with van der Waals surface area (Å²) >= 11 is 0. The van der Waals surface area contributed by atoms with Crippen molar-refractivity contribution in [2.75, 3.05) is 32.2 Å². The van der Waals surface area contributed by atoms with E-state index in [9.17, 15) is 32.8 Å². The van der Waals surface area contributed by atoms with Gasteiger partial charge in [0.05, 0.1) is 19.8 Å². The number of nitrogens with one attached hydrogen (secondary N) is 1. The Hall–Kier alpha value is -2.49. The number of halogens is 2. The third-order valence-corrected chi connectivity index (χ3v) is 6.73. The number of nitrogen functional groups attached to an aromatic ring is 1. The maximum Gasteiger partial charge on any atom is 0.406 e. The average Bonchev–Trinajstić information content (AvgIpc) is 3.05. The molecule has 1 unspecified atom stereocenters. The Kier molecular flexibility index (Phi) is 11.3. The molecule has 2 rings (SSSR count). The monoisotopic (exact) mass is 570 g/mol. The zero-order valence-electron chi connectivity index (χ0n) is 21.4. The van der Waals surface area contributed by atoms with Gasteiger partial charge in [-0.3, -0.25) is 18.4 Å². The number of hydrogen-bond acceptors (Lipinski definition) is 12. The Labute approximate surface area is 217 Å². The number of nitrogens with two attached hydrogens (primary N) is 1. The maximum absolute atomic E-state index is 14.8. The molecule has 1 aromatic rings. The van der Waals surface area contributed by atoms with Crippen molar-refractivity contribution in [3.63, 3.8) is 0 Å². The van der Waals surface area contributed by atoms with Crippen LogP contribution in [0.25, 0.3) is 0 Å². The lowest BCUT2D eigenvalue weighted by atomic mass is 10.1. The van der Waals surface area contributed by atoms with Crippen LogP contribution in [0.5, 0.6) is 0 Å². The quantitative estimate of drug-likeness (QED) is 0.212. The fraction of sp³-hybridized carbons (Fsp3) is 0.714. The molecule has 0 radical (unpaired) electrons. The van der Waals surface area contributed by atoms with Gasteiger partial charge in [-0.15, -0.1) is 0 Å². The van der Waals surface area contributed by atoms with Gasteiger partial charge in [-0.2, -0.15) is 13.8 Å². The largest absolute Gasteiger partial charge is 0.465 e. The van der Waals surface area contributed by atoms with Gasteiger partial charge in [0.1, 0.15) is 18.0 Å². The van der Waals surface area contributed by atoms with Crippen LogP contribution >= 0.6 is 7.75 Å². The van der Waals surface area contributed by atoms with Crippen LogP contribution < -0.4 is 16.5 Å². The van der Waals surface area contributed by atoms with Gasteiger partial charge in [0.25, 0.3) is 0 Å². The molecule has 1 saturated heterocycles. The number of nitrogens with zero attached hydrogens (tertiary/aromatic N) is 2. The predicted molar refractivity (Wildman–Crippen MR) is 127 cm³/mol. The number of carbonyl (C=O) groups is 2. The highest BCUT2D eigenvalue weighted by Crippen LogP contribution is 2.48. The number of ether oxygens (including phenoxy) is 3. The molecule has 2 heterocycles. The minimum atomic E-state index is -4.60. The molecule has 5 atom stereocenters.